The highest BCUT2D eigenvalue weighted by molar-refractivity contribution is 7.14. The summed E-state index contributed by atoms with van der Waals surface area (Å²) in [6.07, 6.45) is 1.47. The normalized spacial score (nSPS) is 10.6. The quantitative estimate of drug-likeness (QED) is 0.740. The molecule has 8 heteroatoms. The maximum absolute atomic E-state index is 12.1. The second-order valence-corrected chi connectivity index (χ2v) is 5.92. The van der Waals surface area contributed by atoms with Crippen LogP contribution in [0.4, 0.5) is 5.13 Å². The Morgan fingerprint density at radius 1 is 1.29 bits per heavy atom. The number of thiazole rings is 1. The first-order valence-electron chi connectivity index (χ1n) is 7.17. The molecule has 0 spiro atoms. The van der Waals surface area contributed by atoms with Crippen LogP contribution in [0, 0.1) is 6.92 Å². The van der Waals surface area contributed by atoms with Crippen LogP contribution in [-0.2, 0) is 11.3 Å². The largest absolute Gasteiger partial charge is 0.469 e. The van der Waals surface area contributed by atoms with E-state index in [0.717, 1.165) is 0 Å². The number of nitrogens with zero attached hydrogens (tertiary/aromatic N) is 1. The van der Waals surface area contributed by atoms with Gasteiger partial charge in [-0.1, -0.05) is 0 Å². The molecule has 0 saturated heterocycles. The van der Waals surface area contributed by atoms with E-state index in [1.165, 1.54) is 24.5 Å². The summed E-state index contributed by atoms with van der Waals surface area (Å²) in [5.41, 5.74) is 1.09. The Morgan fingerprint density at radius 2 is 2.12 bits per heavy atom. The van der Waals surface area contributed by atoms with E-state index in [-0.39, 0.29) is 11.8 Å². The van der Waals surface area contributed by atoms with Crippen LogP contribution in [0.1, 0.15) is 28.8 Å². The highest BCUT2D eigenvalue weighted by Gasteiger charge is 2.15. The predicted octanol–water partition coefficient (Wildman–Crippen LogP) is 3.19. The molecule has 0 aromatic carbocycles. The number of rotatable bonds is 5. The first kappa shape index (κ1) is 16.0. The average Bonchev–Trinajstić information content (AvgIpc) is 3.24. The molecular weight excluding hydrogens is 330 g/mol. The summed E-state index contributed by atoms with van der Waals surface area (Å²) in [5.74, 6) is 1.37. The van der Waals surface area contributed by atoms with Crippen molar-refractivity contribution in [1.82, 2.24) is 10.3 Å². The summed E-state index contributed by atoms with van der Waals surface area (Å²) in [5, 5.41) is 7.65. The molecule has 0 saturated carbocycles. The first-order valence-corrected chi connectivity index (χ1v) is 8.05. The molecule has 0 bridgehead atoms. The zero-order valence-electron chi connectivity index (χ0n) is 13.1. The molecule has 3 rings (SSSR count). The van der Waals surface area contributed by atoms with Crippen LogP contribution in [-0.4, -0.2) is 16.8 Å². The van der Waals surface area contributed by atoms with Crippen LogP contribution in [0.15, 0.2) is 38.7 Å². The number of carbonyl (C=O) groups is 2. The summed E-state index contributed by atoms with van der Waals surface area (Å²) in [6.45, 7) is 3.49. The Balaban J connectivity index is 1.68. The number of hydrogen-bond acceptors (Lipinski definition) is 6. The SMILES string of the molecule is CC(=O)NCc1ccc(-c2csc(NC(=O)c3ccoc3C)n2)o1. The maximum Gasteiger partial charge on any atom is 0.260 e. The third-order valence-electron chi connectivity index (χ3n) is 3.25. The fourth-order valence-electron chi connectivity index (χ4n) is 2.05. The zero-order valence-corrected chi connectivity index (χ0v) is 13.9. The van der Waals surface area contributed by atoms with Crippen molar-refractivity contribution < 1.29 is 18.4 Å². The summed E-state index contributed by atoms with van der Waals surface area (Å²) in [7, 11) is 0. The summed E-state index contributed by atoms with van der Waals surface area (Å²) in [4.78, 5) is 27.4. The van der Waals surface area contributed by atoms with E-state index in [4.69, 9.17) is 8.83 Å². The van der Waals surface area contributed by atoms with Crippen molar-refractivity contribution in [1.29, 1.82) is 0 Å². The molecular formula is C16H15N3O4S. The highest BCUT2D eigenvalue weighted by atomic mass is 32.1. The van der Waals surface area contributed by atoms with E-state index in [1.54, 1.807) is 30.5 Å². The molecule has 0 aliphatic carbocycles. The molecule has 3 heterocycles. The molecule has 3 aromatic heterocycles. The minimum atomic E-state index is -0.270. The second kappa shape index (κ2) is 6.71. The van der Waals surface area contributed by atoms with Crippen LogP contribution in [0.3, 0.4) is 0 Å². The van der Waals surface area contributed by atoms with E-state index < -0.39 is 0 Å². The number of carbonyl (C=O) groups excluding carboxylic acids is 2. The molecule has 24 heavy (non-hydrogen) atoms. The van der Waals surface area contributed by atoms with Gasteiger partial charge >= 0.3 is 0 Å². The Hall–Kier alpha value is -2.87. The van der Waals surface area contributed by atoms with Gasteiger partial charge in [-0.2, -0.15) is 0 Å². The van der Waals surface area contributed by atoms with Gasteiger partial charge in [-0.3, -0.25) is 14.9 Å². The minimum Gasteiger partial charge on any atom is -0.469 e. The van der Waals surface area contributed by atoms with E-state index in [1.807, 2.05) is 0 Å². The van der Waals surface area contributed by atoms with Gasteiger partial charge in [-0.05, 0) is 25.1 Å². The molecule has 0 radical (unpaired) electrons. The number of hydrogen-bond donors (Lipinski definition) is 2. The lowest BCUT2D eigenvalue weighted by Crippen LogP contribution is -2.18. The third kappa shape index (κ3) is 3.54. The molecule has 3 aromatic rings. The smallest absolute Gasteiger partial charge is 0.260 e. The van der Waals surface area contributed by atoms with Gasteiger partial charge in [-0.15, -0.1) is 11.3 Å². The number of nitrogens with one attached hydrogen (secondary N) is 2. The summed E-state index contributed by atoms with van der Waals surface area (Å²) in [6, 6.07) is 5.16. The number of aryl methyl sites for hydroxylation is 1. The van der Waals surface area contributed by atoms with Gasteiger partial charge in [0.05, 0.1) is 18.4 Å². The lowest BCUT2D eigenvalue weighted by molar-refractivity contribution is -0.119. The van der Waals surface area contributed by atoms with Crippen molar-refractivity contribution in [2.45, 2.75) is 20.4 Å². The van der Waals surface area contributed by atoms with Gasteiger partial charge in [0.15, 0.2) is 10.9 Å². The fraction of sp³-hybridized carbons (Fsp3) is 0.188. The second-order valence-electron chi connectivity index (χ2n) is 5.06. The van der Waals surface area contributed by atoms with Gasteiger partial charge in [0, 0.05) is 12.3 Å². The molecule has 0 aliphatic rings. The fourth-order valence-corrected chi connectivity index (χ4v) is 2.75. The number of furan rings is 2. The predicted molar refractivity (Wildman–Crippen MR) is 88.7 cm³/mol. The number of aromatic nitrogens is 1. The van der Waals surface area contributed by atoms with Crippen molar-refractivity contribution >= 4 is 28.3 Å². The van der Waals surface area contributed by atoms with E-state index in [9.17, 15) is 9.59 Å². The molecule has 2 N–H and O–H groups in total. The topological polar surface area (TPSA) is 97.4 Å². The minimum absolute atomic E-state index is 0.124. The third-order valence-corrected chi connectivity index (χ3v) is 4.01. The monoisotopic (exact) mass is 345 g/mol. The lowest BCUT2D eigenvalue weighted by Gasteiger charge is -1.99. The average molecular weight is 345 g/mol. The zero-order chi connectivity index (χ0) is 17.1. The number of anilines is 1. The van der Waals surface area contributed by atoms with Crippen LogP contribution in [0.25, 0.3) is 11.5 Å². The Kier molecular flexibility index (Phi) is 4.48. The molecule has 124 valence electrons. The lowest BCUT2D eigenvalue weighted by atomic mass is 10.2. The summed E-state index contributed by atoms with van der Waals surface area (Å²) >= 11 is 1.30. The van der Waals surface area contributed by atoms with Crippen molar-refractivity contribution in [3.05, 3.63) is 46.9 Å². The molecule has 7 nitrogen and oxygen atoms in total. The molecule has 0 aliphatic heterocycles. The Bertz CT molecular complexity index is 877. The van der Waals surface area contributed by atoms with Gasteiger partial charge < -0.3 is 14.2 Å². The summed E-state index contributed by atoms with van der Waals surface area (Å²) < 4.78 is 10.7. The standard InChI is InChI=1S/C16H15N3O4S/c1-9-12(5-6-22-9)15(21)19-16-18-13(8-24-16)14-4-3-11(23-14)7-17-10(2)20/h3-6,8H,7H2,1-2H3,(H,17,20)(H,18,19,21). The van der Waals surface area contributed by atoms with E-state index >= 15 is 0 Å². The van der Waals surface area contributed by atoms with Gasteiger partial charge in [0.1, 0.15) is 17.2 Å². The molecule has 0 fully saturated rings. The maximum atomic E-state index is 12.1. The van der Waals surface area contributed by atoms with Crippen LogP contribution in [0.2, 0.25) is 0 Å². The Morgan fingerprint density at radius 3 is 2.83 bits per heavy atom. The van der Waals surface area contributed by atoms with E-state index in [2.05, 4.69) is 15.6 Å². The Labute approximate surface area is 141 Å². The van der Waals surface area contributed by atoms with E-state index in [0.29, 0.717) is 40.2 Å². The van der Waals surface area contributed by atoms with Crippen molar-refractivity contribution in [2.75, 3.05) is 5.32 Å². The van der Waals surface area contributed by atoms with Crippen molar-refractivity contribution in [3.63, 3.8) is 0 Å². The number of amides is 2. The van der Waals surface area contributed by atoms with Crippen LogP contribution < -0.4 is 10.6 Å². The van der Waals surface area contributed by atoms with Gasteiger partial charge in [0.2, 0.25) is 5.91 Å². The van der Waals surface area contributed by atoms with Gasteiger partial charge in [0.25, 0.3) is 5.91 Å². The first-order chi connectivity index (χ1) is 11.5. The van der Waals surface area contributed by atoms with Crippen molar-refractivity contribution in [2.24, 2.45) is 0 Å². The molecule has 0 atom stereocenters. The van der Waals surface area contributed by atoms with Crippen LogP contribution >= 0.6 is 11.3 Å². The molecule has 0 unspecified atom stereocenters. The van der Waals surface area contributed by atoms with Gasteiger partial charge in [-0.25, -0.2) is 4.98 Å². The molecule has 2 amide bonds. The van der Waals surface area contributed by atoms with Crippen molar-refractivity contribution in [3.8, 4) is 11.5 Å². The van der Waals surface area contributed by atoms with Crippen LogP contribution in [0.5, 0.6) is 0 Å². The highest BCUT2D eigenvalue weighted by Crippen LogP contribution is 2.27.